The van der Waals surface area contributed by atoms with Crippen molar-refractivity contribution in [2.24, 2.45) is 0 Å². The summed E-state index contributed by atoms with van der Waals surface area (Å²) < 4.78 is 10.3. The van der Waals surface area contributed by atoms with Gasteiger partial charge in [-0.05, 0) is 20.8 Å². The highest BCUT2D eigenvalue weighted by Gasteiger charge is 2.38. The van der Waals surface area contributed by atoms with Crippen LogP contribution in [-0.2, 0) is 4.74 Å². The second-order valence-corrected chi connectivity index (χ2v) is 5.45. The van der Waals surface area contributed by atoms with Crippen LogP contribution in [0.4, 0.5) is 4.79 Å². The van der Waals surface area contributed by atoms with Crippen LogP contribution in [0.3, 0.4) is 0 Å². The van der Waals surface area contributed by atoms with Gasteiger partial charge in [-0.1, -0.05) is 0 Å². The number of hydrogen-bond acceptors (Lipinski definition) is 5. The molecular weight excluding hydrogens is 252 g/mol. The molecule has 7 nitrogen and oxygen atoms in total. The smallest absolute Gasteiger partial charge is 0.410 e. The number of carbonyl (C=O) groups is 2. The van der Waals surface area contributed by atoms with Crippen LogP contribution in [0, 0.1) is 0 Å². The number of rotatable bonds is 2. The lowest BCUT2D eigenvalue weighted by Gasteiger charge is -2.38. The average molecular weight is 268 g/mol. The number of nitrogens with zero attached hydrogens (tertiary/aromatic N) is 2. The highest BCUT2D eigenvalue weighted by atomic mass is 16.6. The maximum absolute atomic E-state index is 11.7. The van der Waals surface area contributed by atoms with Gasteiger partial charge < -0.3 is 19.2 Å². The molecule has 0 spiro atoms. The maximum Gasteiger partial charge on any atom is 0.410 e. The first-order valence-electron chi connectivity index (χ1n) is 5.92. The summed E-state index contributed by atoms with van der Waals surface area (Å²) in [6, 6.07) is 0. The summed E-state index contributed by atoms with van der Waals surface area (Å²) in [5.41, 5.74) is -0.630. The fourth-order valence-corrected chi connectivity index (χ4v) is 1.83. The molecule has 19 heavy (non-hydrogen) atoms. The second kappa shape index (κ2) is 4.56. The minimum absolute atomic E-state index is 0.0890. The molecule has 1 fully saturated rings. The number of carboxylic acids is 1. The van der Waals surface area contributed by atoms with Crippen LogP contribution in [-0.4, -0.2) is 45.7 Å². The number of hydrogen-bond donors (Lipinski definition) is 1. The normalized spacial score (nSPS) is 16.1. The number of carbonyl (C=O) groups excluding carboxylic acids is 1. The van der Waals surface area contributed by atoms with E-state index < -0.39 is 17.7 Å². The fraction of sp³-hybridized carbons (Fsp3) is 0.583. The van der Waals surface area contributed by atoms with Gasteiger partial charge in [0, 0.05) is 13.1 Å². The zero-order chi connectivity index (χ0) is 14.2. The Hall–Kier alpha value is -2.05. The lowest BCUT2D eigenvalue weighted by atomic mass is 9.96. The van der Waals surface area contributed by atoms with Gasteiger partial charge in [0.15, 0.2) is 12.1 Å². The summed E-state index contributed by atoms with van der Waals surface area (Å²) in [6.07, 6.45) is 0.703. The fourth-order valence-electron chi connectivity index (χ4n) is 1.83. The van der Waals surface area contributed by atoms with Gasteiger partial charge in [-0.3, -0.25) is 0 Å². The van der Waals surface area contributed by atoms with Crippen LogP contribution >= 0.6 is 0 Å². The van der Waals surface area contributed by atoms with Gasteiger partial charge in [0.1, 0.15) is 11.4 Å². The molecule has 7 heteroatoms. The van der Waals surface area contributed by atoms with Crippen LogP contribution in [0.15, 0.2) is 10.8 Å². The van der Waals surface area contributed by atoms with Crippen LogP contribution in [0.2, 0.25) is 0 Å². The Morgan fingerprint density at radius 1 is 1.47 bits per heavy atom. The molecule has 0 aliphatic carbocycles. The SMILES string of the molecule is CC(C)(C)OC(=O)N1CC(c2ocnc2C(=O)O)C1. The molecule has 0 saturated carbocycles. The van der Waals surface area contributed by atoms with Crippen molar-refractivity contribution in [1.82, 2.24) is 9.88 Å². The number of amides is 1. The summed E-state index contributed by atoms with van der Waals surface area (Å²) in [5.74, 6) is -0.951. The van der Waals surface area contributed by atoms with Crippen molar-refractivity contribution in [2.45, 2.75) is 32.3 Å². The molecule has 0 aromatic carbocycles. The number of carboxylic acid groups (broad SMARTS) is 1. The van der Waals surface area contributed by atoms with Gasteiger partial charge >= 0.3 is 12.1 Å². The first-order valence-corrected chi connectivity index (χ1v) is 5.92. The van der Waals surface area contributed by atoms with Crippen molar-refractivity contribution in [1.29, 1.82) is 0 Å². The molecule has 0 bridgehead atoms. The summed E-state index contributed by atoms with van der Waals surface area (Å²) in [6.45, 7) is 6.14. The molecule has 2 heterocycles. The number of oxazole rings is 1. The number of aromatic carboxylic acids is 1. The van der Waals surface area contributed by atoms with E-state index >= 15 is 0 Å². The Morgan fingerprint density at radius 3 is 2.63 bits per heavy atom. The molecule has 104 valence electrons. The molecule has 1 aromatic heterocycles. The topological polar surface area (TPSA) is 92.9 Å². The Bertz CT molecular complexity index is 496. The quantitative estimate of drug-likeness (QED) is 0.877. The third-order valence-corrected chi connectivity index (χ3v) is 2.70. The summed E-state index contributed by atoms with van der Waals surface area (Å²) >= 11 is 0. The van der Waals surface area contributed by atoms with Gasteiger partial charge in [-0.25, -0.2) is 14.6 Å². The third-order valence-electron chi connectivity index (χ3n) is 2.70. The number of ether oxygens (including phenoxy) is 1. The molecule has 0 radical (unpaired) electrons. The van der Waals surface area contributed by atoms with Gasteiger partial charge in [0.05, 0.1) is 5.92 Å². The number of likely N-dealkylation sites (tertiary alicyclic amines) is 1. The Labute approximate surface area is 110 Å². The monoisotopic (exact) mass is 268 g/mol. The van der Waals surface area contributed by atoms with Crippen molar-refractivity contribution in [2.75, 3.05) is 13.1 Å². The predicted molar refractivity (Wildman–Crippen MR) is 64.0 cm³/mol. The van der Waals surface area contributed by atoms with Crippen LogP contribution < -0.4 is 0 Å². The van der Waals surface area contributed by atoms with Gasteiger partial charge in [0.2, 0.25) is 0 Å². The standard InChI is InChI=1S/C12H16N2O5/c1-12(2,3)19-11(17)14-4-7(5-14)9-8(10(15)16)13-6-18-9/h6-7H,4-5H2,1-3H3,(H,15,16). The zero-order valence-electron chi connectivity index (χ0n) is 11.0. The van der Waals surface area contributed by atoms with E-state index in [1.54, 1.807) is 20.8 Å². The van der Waals surface area contributed by atoms with E-state index in [0.29, 0.717) is 18.8 Å². The van der Waals surface area contributed by atoms with E-state index in [1.165, 1.54) is 4.90 Å². The Balaban J connectivity index is 1.94. The lowest BCUT2D eigenvalue weighted by Crippen LogP contribution is -2.50. The van der Waals surface area contributed by atoms with Gasteiger partial charge in [-0.15, -0.1) is 0 Å². The molecular formula is C12H16N2O5. The molecule has 1 amide bonds. The third kappa shape index (κ3) is 2.86. The van der Waals surface area contributed by atoms with Gasteiger partial charge in [-0.2, -0.15) is 0 Å². The van der Waals surface area contributed by atoms with Crippen molar-refractivity contribution in [3.63, 3.8) is 0 Å². The Kier molecular flexibility index (Phi) is 3.21. The molecule has 0 atom stereocenters. The number of aromatic nitrogens is 1. The van der Waals surface area contributed by atoms with Crippen molar-refractivity contribution in [3.8, 4) is 0 Å². The van der Waals surface area contributed by atoms with E-state index in [4.69, 9.17) is 14.3 Å². The van der Waals surface area contributed by atoms with Crippen molar-refractivity contribution in [3.05, 3.63) is 17.8 Å². The molecule has 1 aliphatic heterocycles. The van der Waals surface area contributed by atoms with Gasteiger partial charge in [0.25, 0.3) is 0 Å². The highest BCUT2D eigenvalue weighted by molar-refractivity contribution is 5.86. The second-order valence-electron chi connectivity index (χ2n) is 5.45. The first kappa shape index (κ1) is 13.4. The molecule has 1 aromatic rings. The van der Waals surface area contributed by atoms with E-state index in [0.717, 1.165) is 6.39 Å². The molecule has 2 rings (SSSR count). The van der Waals surface area contributed by atoms with Crippen LogP contribution in [0.5, 0.6) is 0 Å². The molecule has 1 N–H and O–H groups in total. The van der Waals surface area contributed by atoms with Crippen molar-refractivity contribution >= 4 is 12.1 Å². The van der Waals surface area contributed by atoms with E-state index in [1.807, 2.05) is 0 Å². The minimum atomic E-state index is -1.13. The zero-order valence-corrected chi connectivity index (χ0v) is 11.0. The van der Waals surface area contributed by atoms with E-state index in [2.05, 4.69) is 4.98 Å². The first-order chi connectivity index (χ1) is 8.78. The summed E-state index contributed by atoms with van der Waals surface area (Å²) in [4.78, 5) is 27.8. The van der Waals surface area contributed by atoms with Crippen molar-refractivity contribution < 1.29 is 23.8 Å². The summed E-state index contributed by atoms with van der Waals surface area (Å²) in [7, 11) is 0. The highest BCUT2D eigenvalue weighted by Crippen LogP contribution is 2.30. The van der Waals surface area contributed by atoms with E-state index in [9.17, 15) is 9.59 Å². The maximum atomic E-state index is 11.7. The van der Waals surface area contributed by atoms with Crippen LogP contribution in [0.1, 0.15) is 42.9 Å². The average Bonchev–Trinajstić information content (AvgIpc) is 2.60. The minimum Gasteiger partial charge on any atom is -0.476 e. The predicted octanol–water partition coefficient (Wildman–Crippen LogP) is 1.71. The molecule has 1 saturated heterocycles. The largest absolute Gasteiger partial charge is 0.476 e. The van der Waals surface area contributed by atoms with Crippen LogP contribution in [0.25, 0.3) is 0 Å². The molecule has 0 unspecified atom stereocenters. The lowest BCUT2D eigenvalue weighted by molar-refractivity contribution is 0.00644. The van der Waals surface area contributed by atoms with E-state index in [-0.39, 0.29) is 11.6 Å². The summed E-state index contributed by atoms with van der Waals surface area (Å²) in [5, 5.41) is 8.92. The molecule has 1 aliphatic rings. The Morgan fingerprint density at radius 2 is 2.11 bits per heavy atom.